The van der Waals surface area contributed by atoms with Crippen molar-refractivity contribution in [3.05, 3.63) is 87.9 Å². The smallest absolute Gasteiger partial charge is 0.220 e. The van der Waals surface area contributed by atoms with Gasteiger partial charge in [-0.15, -0.1) is 0 Å². The number of halogens is 2. The Morgan fingerprint density at radius 2 is 1.74 bits per heavy atom. The lowest BCUT2D eigenvalue weighted by atomic mass is 9.95. The number of likely N-dealkylation sites (N-methyl/N-ethyl adjacent to an activating group) is 1. The summed E-state index contributed by atoms with van der Waals surface area (Å²) in [5.74, 6) is 0.646. The number of nitrogens with one attached hydrogen (secondary N) is 3. The van der Waals surface area contributed by atoms with Crippen LogP contribution in [0.25, 0.3) is 33.5 Å². The first-order valence-corrected chi connectivity index (χ1v) is 15.4. The molecule has 1 fully saturated rings. The van der Waals surface area contributed by atoms with Gasteiger partial charge in [-0.25, -0.2) is 4.98 Å². The summed E-state index contributed by atoms with van der Waals surface area (Å²) in [6.07, 6.45) is 1.44. The van der Waals surface area contributed by atoms with E-state index in [9.17, 15) is 4.79 Å². The molecule has 0 bridgehead atoms. The molecule has 1 atom stereocenters. The Bertz CT molecular complexity index is 1660. The molecule has 2 aliphatic heterocycles. The van der Waals surface area contributed by atoms with E-state index in [4.69, 9.17) is 32.9 Å². The Morgan fingerprint density at radius 3 is 2.49 bits per heavy atom. The van der Waals surface area contributed by atoms with E-state index in [1.165, 1.54) is 11.3 Å². The van der Waals surface area contributed by atoms with Crippen LogP contribution >= 0.6 is 23.2 Å². The van der Waals surface area contributed by atoms with Crippen LogP contribution in [-0.4, -0.2) is 50.7 Å². The third-order valence-electron chi connectivity index (χ3n) is 8.23. The lowest BCUT2D eigenvalue weighted by molar-refractivity contribution is -0.119. The maximum Gasteiger partial charge on any atom is 0.220 e. The molecule has 0 saturated carbocycles. The van der Waals surface area contributed by atoms with Gasteiger partial charge in [-0.1, -0.05) is 71.7 Å². The first kappa shape index (κ1) is 29.5. The highest BCUT2D eigenvalue weighted by atomic mass is 35.5. The van der Waals surface area contributed by atoms with Gasteiger partial charge < -0.3 is 25.6 Å². The van der Waals surface area contributed by atoms with Crippen LogP contribution in [0.2, 0.25) is 10.0 Å². The lowest BCUT2D eigenvalue weighted by Crippen LogP contribution is -2.35. The molecule has 0 unspecified atom stereocenters. The quantitative estimate of drug-likeness (QED) is 0.216. The number of anilines is 1. The maximum absolute atomic E-state index is 11.5. The van der Waals surface area contributed by atoms with E-state index in [-0.39, 0.29) is 11.9 Å². The summed E-state index contributed by atoms with van der Waals surface area (Å²) in [7, 11) is 3.74. The van der Waals surface area contributed by atoms with E-state index in [1.54, 1.807) is 7.11 Å². The third-order valence-corrected chi connectivity index (χ3v) is 9.04. The van der Waals surface area contributed by atoms with Gasteiger partial charge in [0, 0.05) is 85.7 Å². The molecule has 6 rings (SSSR count). The fraction of sp³-hybridized carbons (Fsp3) is 0.294. The Balaban J connectivity index is 1.27. The van der Waals surface area contributed by atoms with Gasteiger partial charge in [0.1, 0.15) is 0 Å². The minimum atomic E-state index is 0.113. The lowest BCUT2D eigenvalue weighted by Gasteiger charge is -2.20. The molecule has 3 heterocycles. The molecule has 222 valence electrons. The van der Waals surface area contributed by atoms with Gasteiger partial charge >= 0.3 is 0 Å². The number of amides is 1. The van der Waals surface area contributed by atoms with Gasteiger partial charge in [0.15, 0.2) is 0 Å². The van der Waals surface area contributed by atoms with Gasteiger partial charge in [0.2, 0.25) is 11.8 Å². The molecule has 3 aromatic carbocycles. The van der Waals surface area contributed by atoms with Gasteiger partial charge in [-0.05, 0) is 35.7 Å². The summed E-state index contributed by atoms with van der Waals surface area (Å²) in [5.41, 5.74) is 8.67. The van der Waals surface area contributed by atoms with Crippen LogP contribution in [0, 0.1) is 0 Å². The number of carbonyl (C=O) groups excluding carboxylic acids is 1. The summed E-state index contributed by atoms with van der Waals surface area (Å²) in [4.78, 5) is 18.6. The maximum atomic E-state index is 11.5. The van der Waals surface area contributed by atoms with Crippen molar-refractivity contribution < 1.29 is 9.53 Å². The minimum Gasteiger partial charge on any atom is -0.481 e. The van der Waals surface area contributed by atoms with Crippen molar-refractivity contribution in [2.45, 2.75) is 32.0 Å². The molecule has 0 spiro atoms. The average molecular weight is 617 g/mol. The van der Waals surface area contributed by atoms with Gasteiger partial charge in [-0.2, -0.15) is 0 Å². The second-order valence-electron chi connectivity index (χ2n) is 11.1. The highest BCUT2D eigenvalue weighted by Crippen LogP contribution is 2.43. The van der Waals surface area contributed by atoms with E-state index in [1.807, 2.05) is 42.5 Å². The van der Waals surface area contributed by atoms with Crippen LogP contribution in [0.15, 0.2) is 66.7 Å². The van der Waals surface area contributed by atoms with Crippen LogP contribution in [0.3, 0.4) is 0 Å². The molecule has 9 heteroatoms. The zero-order valence-corrected chi connectivity index (χ0v) is 25.9. The summed E-state index contributed by atoms with van der Waals surface area (Å²) in [5, 5.41) is 11.1. The van der Waals surface area contributed by atoms with Crippen molar-refractivity contribution in [3.8, 4) is 39.4 Å². The van der Waals surface area contributed by atoms with Crippen LogP contribution < -0.4 is 25.6 Å². The number of pyridine rings is 1. The molecule has 1 amide bonds. The Labute approximate surface area is 262 Å². The number of hydrogen-bond donors (Lipinski definition) is 3. The number of methoxy groups -OCH3 is 1. The summed E-state index contributed by atoms with van der Waals surface area (Å²) in [6.45, 7) is 4.02. The summed E-state index contributed by atoms with van der Waals surface area (Å²) >= 11 is 14.2. The number of ether oxygens (including phenoxy) is 1. The molecule has 7 nitrogen and oxygen atoms in total. The number of rotatable bonds is 8. The van der Waals surface area contributed by atoms with Crippen LogP contribution in [0.5, 0.6) is 5.88 Å². The highest BCUT2D eigenvalue weighted by molar-refractivity contribution is 6.39. The molecular formula is C34H35Cl2N5O2. The van der Waals surface area contributed by atoms with Crippen molar-refractivity contribution in [1.29, 1.82) is 0 Å². The fourth-order valence-corrected chi connectivity index (χ4v) is 6.56. The van der Waals surface area contributed by atoms with E-state index in [0.29, 0.717) is 41.1 Å². The van der Waals surface area contributed by atoms with Gasteiger partial charge in [0.25, 0.3) is 0 Å². The fourth-order valence-electron chi connectivity index (χ4n) is 5.90. The zero-order valence-electron chi connectivity index (χ0n) is 24.3. The third kappa shape index (κ3) is 6.22. The predicted octanol–water partition coefficient (Wildman–Crippen LogP) is 6.31. The van der Waals surface area contributed by atoms with Crippen molar-refractivity contribution >= 4 is 34.8 Å². The van der Waals surface area contributed by atoms with E-state index < -0.39 is 0 Å². The molecule has 0 aliphatic carbocycles. The number of aromatic nitrogens is 1. The first-order valence-electron chi connectivity index (χ1n) is 14.6. The molecular weight excluding hydrogens is 581 g/mol. The second kappa shape index (κ2) is 12.9. The average Bonchev–Trinajstić information content (AvgIpc) is 3.34. The first-order chi connectivity index (χ1) is 20.9. The second-order valence-corrected chi connectivity index (χ2v) is 11.8. The number of hydrogen-bond acceptors (Lipinski definition) is 6. The van der Waals surface area contributed by atoms with Gasteiger partial charge in [0.05, 0.1) is 22.8 Å². The van der Waals surface area contributed by atoms with Gasteiger partial charge in [-0.3, -0.25) is 4.79 Å². The molecule has 4 aromatic rings. The summed E-state index contributed by atoms with van der Waals surface area (Å²) in [6, 6.07) is 22.7. The minimum absolute atomic E-state index is 0.113. The Morgan fingerprint density at radius 1 is 1.00 bits per heavy atom. The molecule has 1 aromatic heterocycles. The van der Waals surface area contributed by atoms with E-state index in [0.717, 1.165) is 59.4 Å². The molecule has 2 aliphatic rings. The van der Waals surface area contributed by atoms with Crippen molar-refractivity contribution in [2.24, 2.45) is 0 Å². The predicted molar refractivity (Wildman–Crippen MR) is 175 cm³/mol. The molecule has 3 N–H and O–H groups in total. The highest BCUT2D eigenvalue weighted by Gasteiger charge is 2.21. The molecule has 0 radical (unpaired) electrons. The normalized spacial score (nSPS) is 16.5. The molecule has 1 saturated heterocycles. The SMILES string of the molecule is COc1nc(-c2cccc(-c3cccc(-c4ccc5c(c4)CNCCN5C)c3Cl)c2Cl)ccc1CNC[C@H]1CCC(=O)N1. The summed E-state index contributed by atoms with van der Waals surface area (Å²) < 4.78 is 5.65. The largest absolute Gasteiger partial charge is 0.481 e. The van der Waals surface area contributed by atoms with Crippen molar-refractivity contribution in [2.75, 3.05) is 38.7 Å². The van der Waals surface area contributed by atoms with E-state index >= 15 is 0 Å². The van der Waals surface area contributed by atoms with Crippen LogP contribution in [0.4, 0.5) is 5.69 Å². The zero-order chi connectivity index (χ0) is 29.9. The topological polar surface area (TPSA) is 78.5 Å². The monoisotopic (exact) mass is 615 g/mol. The number of fused-ring (bicyclic) bond motifs is 1. The number of benzene rings is 3. The van der Waals surface area contributed by atoms with Crippen molar-refractivity contribution in [3.63, 3.8) is 0 Å². The standard InChI is InChI=1S/C34H35Cl2N5O2/c1-41-16-15-37-19-23-17-21(10-13-30(23)41)25-5-3-6-26(32(25)35)27-7-4-8-28(33(27)36)29-12-9-22(34(40-29)43-2)18-38-20-24-11-14-31(42)39-24/h3-10,12-13,17,24,37-38H,11,14-16,18-20H2,1-2H3,(H,39,42)/t24-/m1/s1. The van der Waals surface area contributed by atoms with E-state index in [2.05, 4.69) is 52.2 Å². The molecule has 43 heavy (non-hydrogen) atoms. The van der Waals surface area contributed by atoms with Crippen molar-refractivity contribution in [1.82, 2.24) is 20.9 Å². The van der Waals surface area contributed by atoms with Crippen LogP contribution in [0.1, 0.15) is 24.0 Å². The number of nitrogens with zero attached hydrogens (tertiary/aromatic N) is 2. The number of carbonyl (C=O) groups is 1. The van der Waals surface area contributed by atoms with Crippen LogP contribution in [-0.2, 0) is 17.9 Å². The Hall–Kier alpha value is -3.62. The Kier molecular flexibility index (Phi) is 8.86.